The average Bonchev–Trinajstić information content (AvgIpc) is 2.54. The molecule has 3 N–H and O–H groups in total. The Hall–Kier alpha value is -2.36. The normalized spacial score (nSPS) is 11.1. The van der Waals surface area contributed by atoms with E-state index in [1.807, 2.05) is 0 Å². The molecule has 0 unspecified atom stereocenters. The van der Waals surface area contributed by atoms with Crippen LogP contribution in [0, 0.1) is 0 Å². The monoisotopic (exact) mass is 322 g/mol. The zero-order valence-electron chi connectivity index (χ0n) is 11.4. The van der Waals surface area contributed by atoms with E-state index < -0.39 is 15.9 Å². The number of aliphatic hydroxyl groups excluding tert-OH is 1. The van der Waals surface area contributed by atoms with Crippen molar-refractivity contribution in [3.05, 3.63) is 48.5 Å². The summed E-state index contributed by atoms with van der Waals surface area (Å²) >= 11 is 0. The predicted octanol–water partition coefficient (Wildman–Crippen LogP) is -0.000500. The Morgan fingerprint density at radius 3 is 2.77 bits per heavy atom. The number of anilines is 1. The molecule has 9 heteroatoms. The molecular weight excluding hydrogens is 308 g/mol. The van der Waals surface area contributed by atoms with E-state index in [9.17, 15) is 13.2 Å². The maximum atomic E-state index is 11.9. The maximum absolute atomic E-state index is 11.9. The SMILES string of the molecule is O=C(Nc1cccc(S(=O)(=O)NCCO)c1)c1cnccn1. The fourth-order valence-electron chi connectivity index (χ4n) is 1.62. The first-order chi connectivity index (χ1) is 10.5. The van der Waals surface area contributed by atoms with Gasteiger partial charge in [0.25, 0.3) is 5.91 Å². The fraction of sp³-hybridized carbons (Fsp3) is 0.154. The number of nitrogens with zero attached hydrogens (tertiary/aromatic N) is 2. The number of amides is 1. The lowest BCUT2D eigenvalue weighted by Crippen LogP contribution is -2.26. The molecule has 8 nitrogen and oxygen atoms in total. The van der Waals surface area contributed by atoms with Crippen LogP contribution in [0.25, 0.3) is 0 Å². The first-order valence-electron chi connectivity index (χ1n) is 6.31. The van der Waals surface area contributed by atoms with Gasteiger partial charge in [-0.2, -0.15) is 0 Å². The van der Waals surface area contributed by atoms with E-state index >= 15 is 0 Å². The van der Waals surface area contributed by atoms with Crippen LogP contribution in [-0.2, 0) is 10.0 Å². The highest BCUT2D eigenvalue weighted by atomic mass is 32.2. The Morgan fingerprint density at radius 1 is 1.27 bits per heavy atom. The zero-order chi connectivity index (χ0) is 16.0. The molecule has 0 aliphatic heterocycles. The van der Waals surface area contributed by atoms with Crippen molar-refractivity contribution in [1.29, 1.82) is 0 Å². The molecule has 22 heavy (non-hydrogen) atoms. The van der Waals surface area contributed by atoms with E-state index in [-0.39, 0.29) is 23.7 Å². The first kappa shape index (κ1) is 16.0. The molecule has 1 aromatic heterocycles. The van der Waals surface area contributed by atoms with E-state index in [0.29, 0.717) is 5.69 Å². The van der Waals surface area contributed by atoms with Crippen molar-refractivity contribution < 1.29 is 18.3 Å². The molecule has 0 saturated heterocycles. The highest BCUT2D eigenvalue weighted by Crippen LogP contribution is 2.15. The van der Waals surface area contributed by atoms with Gasteiger partial charge in [0, 0.05) is 24.6 Å². The van der Waals surface area contributed by atoms with Gasteiger partial charge in [-0.25, -0.2) is 18.1 Å². The summed E-state index contributed by atoms with van der Waals surface area (Å²) in [6.45, 7) is -0.388. The summed E-state index contributed by atoms with van der Waals surface area (Å²) in [7, 11) is -3.73. The molecule has 0 saturated carbocycles. The summed E-state index contributed by atoms with van der Waals surface area (Å²) < 4.78 is 26.1. The van der Waals surface area contributed by atoms with Gasteiger partial charge in [-0.15, -0.1) is 0 Å². The van der Waals surface area contributed by atoms with Crippen molar-refractivity contribution >= 4 is 21.6 Å². The Bertz CT molecular complexity index is 750. The number of hydrogen-bond donors (Lipinski definition) is 3. The minimum atomic E-state index is -3.73. The van der Waals surface area contributed by atoms with E-state index in [2.05, 4.69) is 20.0 Å². The standard InChI is InChI=1S/C13H14N4O4S/c18-7-6-16-22(20,21)11-3-1-2-10(8-11)17-13(19)12-9-14-4-5-15-12/h1-5,8-9,16,18H,6-7H2,(H,17,19). The quantitative estimate of drug-likeness (QED) is 0.688. The van der Waals surface area contributed by atoms with Gasteiger partial charge in [-0.3, -0.25) is 9.78 Å². The first-order valence-corrected chi connectivity index (χ1v) is 7.79. The number of aromatic nitrogens is 2. The summed E-state index contributed by atoms with van der Waals surface area (Å²) in [6.07, 6.45) is 4.13. The van der Waals surface area contributed by atoms with Gasteiger partial charge in [-0.05, 0) is 18.2 Å². The minimum Gasteiger partial charge on any atom is -0.395 e. The topological polar surface area (TPSA) is 121 Å². The molecule has 1 amide bonds. The molecule has 0 atom stereocenters. The van der Waals surface area contributed by atoms with E-state index in [4.69, 9.17) is 5.11 Å². The number of carbonyl (C=O) groups excluding carboxylic acids is 1. The summed E-state index contributed by atoms with van der Waals surface area (Å²) in [4.78, 5) is 19.6. The third kappa shape index (κ3) is 4.07. The summed E-state index contributed by atoms with van der Waals surface area (Å²) in [5.41, 5.74) is 0.427. The number of aliphatic hydroxyl groups is 1. The second kappa shape index (κ2) is 7.07. The lowest BCUT2D eigenvalue weighted by atomic mass is 10.3. The molecule has 0 aliphatic rings. The summed E-state index contributed by atoms with van der Waals surface area (Å²) in [6, 6.07) is 5.75. The van der Waals surface area contributed by atoms with Gasteiger partial charge < -0.3 is 10.4 Å². The van der Waals surface area contributed by atoms with Gasteiger partial charge >= 0.3 is 0 Å². The lowest BCUT2D eigenvalue weighted by molar-refractivity contribution is 0.102. The van der Waals surface area contributed by atoms with Crippen LogP contribution in [0.3, 0.4) is 0 Å². The third-order valence-electron chi connectivity index (χ3n) is 2.60. The molecule has 0 radical (unpaired) electrons. The molecule has 2 aromatic rings. The smallest absolute Gasteiger partial charge is 0.275 e. The van der Waals surface area contributed by atoms with Crippen molar-refractivity contribution in [3.63, 3.8) is 0 Å². The van der Waals surface area contributed by atoms with Gasteiger partial charge in [0.15, 0.2) is 0 Å². The second-order valence-corrected chi connectivity index (χ2v) is 5.96. The molecule has 0 bridgehead atoms. The minimum absolute atomic E-state index is 0.0158. The fourth-order valence-corrected chi connectivity index (χ4v) is 2.68. The molecule has 2 rings (SSSR count). The molecule has 116 valence electrons. The van der Waals surface area contributed by atoms with Gasteiger partial charge in [0.05, 0.1) is 17.7 Å². The largest absolute Gasteiger partial charge is 0.395 e. The molecule has 1 aromatic carbocycles. The number of nitrogens with one attached hydrogen (secondary N) is 2. The molecule has 0 aliphatic carbocycles. The van der Waals surface area contributed by atoms with Crippen LogP contribution < -0.4 is 10.0 Å². The van der Waals surface area contributed by atoms with Crippen LogP contribution in [0.15, 0.2) is 47.8 Å². The highest BCUT2D eigenvalue weighted by Gasteiger charge is 2.14. The number of sulfonamides is 1. The van der Waals surface area contributed by atoms with Crippen molar-refractivity contribution in [2.75, 3.05) is 18.5 Å². The Balaban J connectivity index is 2.17. The number of rotatable bonds is 6. The summed E-state index contributed by atoms with van der Waals surface area (Å²) in [5, 5.41) is 11.2. The maximum Gasteiger partial charge on any atom is 0.275 e. The lowest BCUT2D eigenvalue weighted by Gasteiger charge is -2.08. The second-order valence-electron chi connectivity index (χ2n) is 4.19. The van der Waals surface area contributed by atoms with Gasteiger partial charge in [0.2, 0.25) is 10.0 Å². The van der Waals surface area contributed by atoms with Crippen molar-refractivity contribution in [2.45, 2.75) is 4.90 Å². The highest BCUT2D eigenvalue weighted by molar-refractivity contribution is 7.89. The van der Waals surface area contributed by atoms with Crippen LogP contribution >= 0.6 is 0 Å². The van der Waals surface area contributed by atoms with Crippen molar-refractivity contribution in [3.8, 4) is 0 Å². The van der Waals surface area contributed by atoms with E-state index in [1.54, 1.807) is 6.07 Å². The molecular formula is C13H14N4O4S. The molecule has 0 spiro atoms. The Morgan fingerprint density at radius 2 is 2.09 bits per heavy atom. The summed E-state index contributed by atoms with van der Waals surface area (Å²) in [5.74, 6) is -0.494. The Kier molecular flexibility index (Phi) is 5.15. The molecule has 1 heterocycles. The number of hydrogen-bond acceptors (Lipinski definition) is 6. The number of benzene rings is 1. The third-order valence-corrected chi connectivity index (χ3v) is 4.06. The van der Waals surface area contributed by atoms with Crippen molar-refractivity contribution in [1.82, 2.24) is 14.7 Å². The van der Waals surface area contributed by atoms with E-state index in [0.717, 1.165) is 0 Å². The van der Waals surface area contributed by atoms with Gasteiger partial charge in [-0.1, -0.05) is 6.07 Å². The zero-order valence-corrected chi connectivity index (χ0v) is 12.2. The Labute approximate surface area is 127 Å². The average molecular weight is 322 g/mol. The van der Waals surface area contributed by atoms with Crippen LogP contribution in [0.5, 0.6) is 0 Å². The van der Waals surface area contributed by atoms with Gasteiger partial charge in [0.1, 0.15) is 5.69 Å². The van der Waals surface area contributed by atoms with Crippen molar-refractivity contribution in [2.24, 2.45) is 0 Å². The van der Waals surface area contributed by atoms with Crippen LogP contribution in [0.4, 0.5) is 5.69 Å². The van der Waals surface area contributed by atoms with Crippen LogP contribution in [0.2, 0.25) is 0 Å². The predicted molar refractivity (Wildman–Crippen MR) is 78.7 cm³/mol. The number of carbonyl (C=O) groups is 1. The molecule has 0 fully saturated rings. The van der Waals surface area contributed by atoms with Crippen LogP contribution in [0.1, 0.15) is 10.5 Å². The van der Waals surface area contributed by atoms with E-state index in [1.165, 1.54) is 36.8 Å². The van der Waals surface area contributed by atoms with Crippen LogP contribution in [-0.4, -0.2) is 42.6 Å².